The number of fused-ring (bicyclic) bond motifs is 1. The largest absolute Gasteiger partial charge is 0.478 e. The second kappa shape index (κ2) is 3.33. The van der Waals surface area contributed by atoms with Gasteiger partial charge in [0.05, 0.1) is 17.5 Å². The number of carbonyl (C=O) groups is 1. The van der Waals surface area contributed by atoms with Gasteiger partial charge in [0, 0.05) is 12.3 Å². The average Bonchev–Trinajstić information content (AvgIpc) is 2.58. The van der Waals surface area contributed by atoms with Crippen molar-refractivity contribution in [3.05, 3.63) is 42.5 Å². The Labute approximate surface area is 80.1 Å². The minimum absolute atomic E-state index is 0.660. The second-order valence-electron chi connectivity index (χ2n) is 2.79. The number of rotatable bonds is 2. The molecule has 1 N–H and O–H groups in total. The van der Waals surface area contributed by atoms with Crippen LogP contribution in [0.4, 0.5) is 0 Å². The molecule has 0 saturated heterocycles. The third kappa shape index (κ3) is 1.50. The van der Waals surface area contributed by atoms with E-state index < -0.39 is 5.97 Å². The van der Waals surface area contributed by atoms with Gasteiger partial charge in [0.2, 0.25) is 0 Å². The number of hydrogen-bond acceptors (Lipinski definition) is 2. The zero-order chi connectivity index (χ0) is 9.97. The molecule has 0 spiro atoms. The summed E-state index contributed by atoms with van der Waals surface area (Å²) in [6.45, 7) is 0. The van der Waals surface area contributed by atoms with Crippen molar-refractivity contribution in [2.75, 3.05) is 0 Å². The summed E-state index contributed by atoms with van der Waals surface area (Å²) in [7, 11) is 0. The van der Waals surface area contributed by atoms with Gasteiger partial charge in [-0.2, -0.15) is 0 Å². The fourth-order valence-corrected chi connectivity index (χ4v) is 1.24. The molecule has 0 bridgehead atoms. The van der Waals surface area contributed by atoms with Gasteiger partial charge in [0.1, 0.15) is 0 Å². The lowest BCUT2D eigenvalue weighted by molar-refractivity contribution is -0.131. The summed E-state index contributed by atoms with van der Waals surface area (Å²) in [6.07, 6.45) is 6.07. The number of carboxylic acids is 1. The van der Waals surface area contributed by atoms with Crippen molar-refractivity contribution in [3.8, 4) is 0 Å². The van der Waals surface area contributed by atoms with E-state index in [0.717, 1.165) is 11.6 Å². The third-order valence-corrected chi connectivity index (χ3v) is 1.86. The number of nitrogens with zero attached hydrogens (tertiary/aromatic N) is 2. The van der Waals surface area contributed by atoms with Crippen LogP contribution in [0.25, 0.3) is 11.6 Å². The van der Waals surface area contributed by atoms with Gasteiger partial charge in [-0.1, -0.05) is 6.07 Å². The molecule has 0 aliphatic heterocycles. The Morgan fingerprint density at radius 2 is 2.36 bits per heavy atom. The van der Waals surface area contributed by atoms with Crippen LogP contribution in [0.2, 0.25) is 0 Å². The summed E-state index contributed by atoms with van der Waals surface area (Å²) in [5.74, 6) is -0.970. The van der Waals surface area contributed by atoms with Gasteiger partial charge in [-0.3, -0.25) is 0 Å². The first-order valence-corrected chi connectivity index (χ1v) is 4.10. The highest BCUT2D eigenvalue weighted by molar-refractivity contribution is 5.86. The van der Waals surface area contributed by atoms with Gasteiger partial charge >= 0.3 is 5.97 Å². The molecule has 4 heteroatoms. The van der Waals surface area contributed by atoms with Crippen molar-refractivity contribution in [2.45, 2.75) is 0 Å². The maximum Gasteiger partial charge on any atom is 0.328 e. The molecule has 70 valence electrons. The Bertz CT molecular complexity index is 500. The predicted octanol–water partition coefficient (Wildman–Crippen LogP) is 1.43. The minimum Gasteiger partial charge on any atom is -0.478 e. The summed E-state index contributed by atoms with van der Waals surface area (Å²) in [5.41, 5.74) is 1.55. The highest BCUT2D eigenvalue weighted by atomic mass is 16.4. The van der Waals surface area contributed by atoms with Crippen LogP contribution in [0, 0.1) is 0 Å². The van der Waals surface area contributed by atoms with Crippen LogP contribution >= 0.6 is 0 Å². The second-order valence-corrected chi connectivity index (χ2v) is 2.79. The third-order valence-electron chi connectivity index (χ3n) is 1.86. The van der Waals surface area contributed by atoms with E-state index in [4.69, 9.17) is 5.11 Å². The highest BCUT2D eigenvalue weighted by Gasteiger charge is 1.99. The fraction of sp³-hybridized carbons (Fsp3) is 0. The lowest BCUT2D eigenvalue weighted by atomic mass is 10.3. The minimum atomic E-state index is -0.970. The molecule has 0 atom stereocenters. The zero-order valence-electron chi connectivity index (χ0n) is 7.29. The normalized spacial score (nSPS) is 11.1. The molecule has 4 nitrogen and oxygen atoms in total. The smallest absolute Gasteiger partial charge is 0.328 e. The lowest BCUT2D eigenvalue weighted by Crippen LogP contribution is -1.86. The first-order valence-electron chi connectivity index (χ1n) is 4.10. The number of pyridine rings is 1. The molecule has 0 unspecified atom stereocenters. The number of aliphatic carboxylic acids is 1. The van der Waals surface area contributed by atoms with Crippen LogP contribution in [0.1, 0.15) is 5.69 Å². The van der Waals surface area contributed by atoms with Gasteiger partial charge < -0.3 is 9.51 Å². The standard InChI is InChI=1S/C10H8N2O2/c13-10(14)5-4-8-9-3-1-2-6-12(9)7-11-8/h1-7H,(H,13,14)/b5-4+. The molecular weight excluding hydrogens is 180 g/mol. The van der Waals surface area contributed by atoms with Crippen LogP contribution in [0.3, 0.4) is 0 Å². The SMILES string of the molecule is O=C(O)/C=C/c1ncn2ccccc12. The van der Waals surface area contributed by atoms with E-state index in [1.807, 2.05) is 28.8 Å². The molecule has 0 radical (unpaired) electrons. The van der Waals surface area contributed by atoms with Crippen molar-refractivity contribution < 1.29 is 9.90 Å². The number of aromatic nitrogens is 2. The molecule has 0 saturated carbocycles. The van der Waals surface area contributed by atoms with Gasteiger partial charge in [-0.05, 0) is 18.2 Å². The van der Waals surface area contributed by atoms with E-state index in [2.05, 4.69) is 4.98 Å². The first-order chi connectivity index (χ1) is 6.77. The Morgan fingerprint density at radius 1 is 1.50 bits per heavy atom. The van der Waals surface area contributed by atoms with Crippen molar-refractivity contribution >= 4 is 17.6 Å². The molecule has 0 amide bonds. The quantitative estimate of drug-likeness (QED) is 0.725. The molecule has 0 aliphatic rings. The Kier molecular flexibility index (Phi) is 2.02. The van der Waals surface area contributed by atoms with E-state index in [9.17, 15) is 4.79 Å². The Balaban J connectivity index is 2.48. The van der Waals surface area contributed by atoms with Gasteiger partial charge in [0.25, 0.3) is 0 Å². The monoisotopic (exact) mass is 188 g/mol. The summed E-state index contributed by atoms with van der Waals surface area (Å²) < 4.78 is 1.83. The number of hydrogen-bond donors (Lipinski definition) is 1. The number of carboxylic acid groups (broad SMARTS) is 1. The molecule has 0 aliphatic carbocycles. The maximum atomic E-state index is 10.3. The number of imidazole rings is 1. The maximum absolute atomic E-state index is 10.3. The van der Waals surface area contributed by atoms with E-state index >= 15 is 0 Å². The molecule has 0 aromatic carbocycles. The van der Waals surface area contributed by atoms with Crippen LogP contribution < -0.4 is 0 Å². The molecule has 2 heterocycles. The summed E-state index contributed by atoms with van der Waals surface area (Å²) in [6, 6.07) is 5.66. The van der Waals surface area contributed by atoms with Crippen LogP contribution in [0.15, 0.2) is 36.8 Å². The van der Waals surface area contributed by atoms with Crippen LogP contribution in [-0.4, -0.2) is 20.5 Å². The molecule has 0 fully saturated rings. The molecule has 14 heavy (non-hydrogen) atoms. The van der Waals surface area contributed by atoms with Crippen LogP contribution in [0.5, 0.6) is 0 Å². The van der Waals surface area contributed by atoms with Gasteiger partial charge in [-0.25, -0.2) is 9.78 Å². The van der Waals surface area contributed by atoms with Crippen molar-refractivity contribution in [2.24, 2.45) is 0 Å². The zero-order valence-corrected chi connectivity index (χ0v) is 7.29. The van der Waals surface area contributed by atoms with Gasteiger partial charge in [-0.15, -0.1) is 0 Å². The van der Waals surface area contributed by atoms with Crippen molar-refractivity contribution in [1.82, 2.24) is 9.38 Å². The van der Waals surface area contributed by atoms with E-state index in [1.54, 1.807) is 6.33 Å². The lowest BCUT2D eigenvalue weighted by Gasteiger charge is -1.91. The van der Waals surface area contributed by atoms with E-state index in [0.29, 0.717) is 5.69 Å². The Hall–Kier alpha value is -2.10. The van der Waals surface area contributed by atoms with E-state index in [-0.39, 0.29) is 0 Å². The Morgan fingerprint density at radius 3 is 3.14 bits per heavy atom. The average molecular weight is 188 g/mol. The first kappa shape index (κ1) is 8.50. The predicted molar refractivity (Wildman–Crippen MR) is 51.9 cm³/mol. The summed E-state index contributed by atoms with van der Waals surface area (Å²) in [4.78, 5) is 14.4. The summed E-state index contributed by atoms with van der Waals surface area (Å²) >= 11 is 0. The molecule has 2 rings (SSSR count). The van der Waals surface area contributed by atoms with Crippen molar-refractivity contribution in [1.29, 1.82) is 0 Å². The molecule has 2 aromatic rings. The molecular formula is C10H8N2O2. The fourth-order valence-electron chi connectivity index (χ4n) is 1.24. The van der Waals surface area contributed by atoms with Crippen molar-refractivity contribution in [3.63, 3.8) is 0 Å². The van der Waals surface area contributed by atoms with Crippen LogP contribution in [-0.2, 0) is 4.79 Å². The summed E-state index contributed by atoms with van der Waals surface area (Å²) in [5, 5.41) is 8.46. The van der Waals surface area contributed by atoms with E-state index in [1.165, 1.54) is 6.08 Å². The topological polar surface area (TPSA) is 54.6 Å². The molecule has 2 aromatic heterocycles. The van der Waals surface area contributed by atoms with Gasteiger partial charge in [0.15, 0.2) is 0 Å². The highest BCUT2D eigenvalue weighted by Crippen LogP contribution is 2.09.